The van der Waals surface area contributed by atoms with E-state index in [1.54, 1.807) is 37.6 Å². The molecule has 3 aromatic carbocycles. The van der Waals surface area contributed by atoms with Crippen LogP contribution >= 0.6 is 0 Å². The molecule has 7 N–H and O–H groups in total. The standard InChI is InChI=1S/C35H41N5O4/c1-23(39-22-32(41)29-12-15-33(36)40-21-29)18-24-4-3-5-25(19-24)20-34(42)38-17-16-31(27-10-13-30(44-2)14-11-27)26-6-8-28(9-7-26)35(37)43/h3-15,19,21,23,31-32,39,41H,16-18,20,22H2,1-2H3,(H2,36,40)(H2,37,43)(H,38,42)/t23?,31-,32-/m1/s1. The van der Waals surface area contributed by atoms with Gasteiger partial charge in [0.15, 0.2) is 0 Å². The largest absolute Gasteiger partial charge is 0.497 e. The number of primary amides is 1. The van der Waals surface area contributed by atoms with Crippen molar-refractivity contribution < 1.29 is 19.4 Å². The molecule has 4 rings (SSSR count). The maximum Gasteiger partial charge on any atom is 0.248 e. The summed E-state index contributed by atoms with van der Waals surface area (Å²) in [5.41, 5.74) is 16.4. The molecule has 1 unspecified atom stereocenters. The molecule has 0 saturated heterocycles. The molecule has 230 valence electrons. The summed E-state index contributed by atoms with van der Waals surface area (Å²) in [4.78, 5) is 28.5. The summed E-state index contributed by atoms with van der Waals surface area (Å²) < 4.78 is 5.31. The molecular weight excluding hydrogens is 554 g/mol. The molecule has 4 aromatic rings. The molecule has 0 saturated carbocycles. The van der Waals surface area contributed by atoms with Crippen molar-refractivity contribution >= 4 is 17.6 Å². The van der Waals surface area contributed by atoms with Gasteiger partial charge < -0.3 is 31.9 Å². The number of carbonyl (C=O) groups is 2. The van der Waals surface area contributed by atoms with E-state index < -0.39 is 12.0 Å². The molecule has 9 nitrogen and oxygen atoms in total. The van der Waals surface area contributed by atoms with Gasteiger partial charge in [0.2, 0.25) is 11.8 Å². The number of anilines is 1. The van der Waals surface area contributed by atoms with E-state index in [0.29, 0.717) is 36.5 Å². The van der Waals surface area contributed by atoms with Crippen molar-refractivity contribution in [2.75, 3.05) is 25.9 Å². The number of aliphatic hydroxyl groups excluding tert-OH is 1. The van der Waals surface area contributed by atoms with E-state index in [2.05, 4.69) is 28.6 Å². The highest BCUT2D eigenvalue weighted by molar-refractivity contribution is 5.92. The number of aliphatic hydroxyl groups is 1. The number of amides is 2. The third kappa shape index (κ3) is 9.39. The highest BCUT2D eigenvalue weighted by Gasteiger charge is 2.16. The van der Waals surface area contributed by atoms with Gasteiger partial charge in [0, 0.05) is 42.4 Å². The number of hydrogen-bond acceptors (Lipinski definition) is 7. The molecule has 0 bridgehead atoms. The van der Waals surface area contributed by atoms with Crippen LogP contribution in [0.2, 0.25) is 0 Å². The van der Waals surface area contributed by atoms with E-state index in [1.807, 2.05) is 54.6 Å². The quantitative estimate of drug-likeness (QED) is 0.140. The minimum atomic E-state index is -0.681. The monoisotopic (exact) mass is 595 g/mol. The van der Waals surface area contributed by atoms with Crippen LogP contribution in [0.4, 0.5) is 5.82 Å². The van der Waals surface area contributed by atoms with Crippen LogP contribution in [0, 0.1) is 0 Å². The summed E-state index contributed by atoms with van der Waals surface area (Å²) in [7, 11) is 1.63. The number of nitrogens with two attached hydrogens (primary N) is 2. The Morgan fingerprint density at radius 2 is 1.59 bits per heavy atom. The lowest BCUT2D eigenvalue weighted by Gasteiger charge is -2.19. The van der Waals surface area contributed by atoms with Crippen molar-refractivity contribution in [1.82, 2.24) is 15.6 Å². The van der Waals surface area contributed by atoms with Gasteiger partial charge in [0.05, 0.1) is 19.6 Å². The van der Waals surface area contributed by atoms with Crippen LogP contribution in [0.25, 0.3) is 0 Å². The second-order valence-corrected chi connectivity index (χ2v) is 11.0. The first-order valence-corrected chi connectivity index (χ1v) is 14.7. The molecule has 2 amide bonds. The summed E-state index contributed by atoms with van der Waals surface area (Å²) in [5.74, 6) is 0.680. The number of methoxy groups -OCH3 is 1. The molecule has 0 aliphatic carbocycles. The Kier molecular flexibility index (Phi) is 11.5. The van der Waals surface area contributed by atoms with Gasteiger partial charge in [0.1, 0.15) is 11.6 Å². The van der Waals surface area contributed by atoms with Gasteiger partial charge >= 0.3 is 0 Å². The molecule has 44 heavy (non-hydrogen) atoms. The SMILES string of the molecule is COc1ccc([C@H](CCNC(=O)Cc2cccc(CC(C)NC[C@@H](O)c3ccc(N)nc3)c2)c2ccc(C(N)=O)cc2)cc1. The number of aromatic nitrogens is 1. The van der Waals surface area contributed by atoms with Crippen molar-refractivity contribution in [3.05, 3.63) is 125 Å². The van der Waals surface area contributed by atoms with Crippen LogP contribution in [0.3, 0.4) is 0 Å². The Labute approximate surface area is 258 Å². The Hall–Kier alpha value is -4.73. The van der Waals surface area contributed by atoms with Gasteiger partial charge in [-0.25, -0.2) is 4.98 Å². The number of benzene rings is 3. The van der Waals surface area contributed by atoms with E-state index >= 15 is 0 Å². The second kappa shape index (κ2) is 15.7. The smallest absolute Gasteiger partial charge is 0.248 e. The molecule has 3 atom stereocenters. The van der Waals surface area contributed by atoms with Crippen molar-refractivity contribution in [2.45, 2.75) is 44.2 Å². The van der Waals surface area contributed by atoms with E-state index in [4.69, 9.17) is 16.2 Å². The summed E-state index contributed by atoms with van der Waals surface area (Å²) >= 11 is 0. The number of rotatable bonds is 15. The number of nitrogens with one attached hydrogen (secondary N) is 2. The van der Waals surface area contributed by atoms with Crippen LogP contribution in [-0.2, 0) is 17.6 Å². The van der Waals surface area contributed by atoms with E-state index in [9.17, 15) is 14.7 Å². The lowest BCUT2D eigenvalue weighted by molar-refractivity contribution is -0.120. The van der Waals surface area contributed by atoms with E-state index in [1.165, 1.54) is 0 Å². The Morgan fingerprint density at radius 1 is 0.932 bits per heavy atom. The maximum absolute atomic E-state index is 12.9. The van der Waals surface area contributed by atoms with Crippen molar-refractivity contribution in [3.63, 3.8) is 0 Å². The molecular formula is C35H41N5O4. The summed E-state index contributed by atoms with van der Waals surface area (Å²) in [6.45, 7) is 2.94. The van der Waals surface area contributed by atoms with Gasteiger partial charge in [-0.3, -0.25) is 9.59 Å². The fraction of sp³-hybridized carbons (Fsp3) is 0.286. The molecule has 0 aliphatic heterocycles. The summed E-state index contributed by atoms with van der Waals surface area (Å²) in [6.07, 6.45) is 2.61. The minimum absolute atomic E-state index is 0.00949. The molecule has 1 aromatic heterocycles. The first-order chi connectivity index (χ1) is 21.2. The lowest BCUT2D eigenvalue weighted by atomic mass is 9.88. The van der Waals surface area contributed by atoms with Crippen molar-refractivity contribution in [3.8, 4) is 5.75 Å². The van der Waals surface area contributed by atoms with Gasteiger partial charge in [-0.05, 0) is 72.4 Å². The van der Waals surface area contributed by atoms with Crippen LogP contribution in [0.15, 0.2) is 91.1 Å². The van der Waals surface area contributed by atoms with Gasteiger partial charge in [-0.15, -0.1) is 0 Å². The number of pyridine rings is 1. The van der Waals surface area contributed by atoms with Crippen LogP contribution in [-0.4, -0.2) is 48.1 Å². The fourth-order valence-electron chi connectivity index (χ4n) is 5.18. The molecule has 0 radical (unpaired) electrons. The van der Waals surface area contributed by atoms with Crippen LogP contribution in [0.1, 0.15) is 63.5 Å². The Morgan fingerprint density at radius 3 is 2.23 bits per heavy atom. The summed E-state index contributed by atoms with van der Waals surface area (Å²) in [6, 6.07) is 26.7. The number of carbonyl (C=O) groups excluding carboxylic acids is 2. The number of nitrogens with zero attached hydrogens (tertiary/aromatic N) is 1. The zero-order valence-corrected chi connectivity index (χ0v) is 25.2. The van der Waals surface area contributed by atoms with Gasteiger partial charge in [-0.1, -0.05) is 54.6 Å². The summed E-state index contributed by atoms with van der Waals surface area (Å²) in [5, 5.41) is 16.9. The predicted molar refractivity (Wildman–Crippen MR) is 172 cm³/mol. The van der Waals surface area contributed by atoms with E-state index in [-0.39, 0.29) is 24.3 Å². The third-order valence-corrected chi connectivity index (χ3v) is 7.62. The highest BCUT2D eigenvalue weighted by Crippen LogP contribution is 2.29. The average Bonchev–Trinajstić information content (AvgIpc) is 3.02. The third-order valence-electron chi connectivity index (χ3n) is 7.62. The number of hydrogen-bond donors (Lipinski definition) is 5. The van der Waals surface area contributed by atoms with Crippen LogP contribution in [0.5, 0.6) is 5.75 Å². The highest BCUT2D eigenvalue weighted by atomic mass is 16.5. The zero-order chi connectivity index (χ0) is 31.5. The van der Waals surface area contributed by atoms with Crippen molar-refractivity contribution in [1.29, 1.82) is 0 Å². The molecule has 1 heterocycles. The molecule has 0 spiro atoms. The zero-order valence-electron chi connectivity index (χ0n) is 25.2. The number of ether oxygens (including phenoxy) is 1. The molecule has 9 heteroatoms. The van der Waals surface area contributed by atoms with Gasteiger partial charge in [-0.2, -0.15) is 0 Å². The normalized spacial score (nSPS) is 13.1. The topological polar surface area (TPSA) is 153 Å². The molecule has 0 fully saturated rings. The minimum Gasteiger partial charge on any atom is -0.497 e. The maximum atomic E-state index is 12.9. The first kappa shape index (κ1) is 32.2. The average molecular weight is 596 g/mol. The predicted octanol–water partition coefficient (Wildman–Crippen LogP) is 3.91. The molecule has 0 aliphatic rings. The number of nitrogen functional groups attached to an aromatic ring is 1. The van der Waals surface area contributed by atoms with Crippen LogP contribution < -0.4 is 26.8 Å². The second-order valence-electron chi connectivity index (χ2n) is 11.0. The Bertz CT molecular complexity index is 1510. The first-order valence-electron chi connectivity index (χ1n) is 14.7. The van der Waals surface area contributed by atoms with Crippen molar-refractivity contribution in [2.24, 2.45) is 5.73 Å². The lowest BCUT2D eigenvalue weighted by Crippen LogP contribution is -2.32. The van der Waals surface area contributed by atoms with Gasteiger partial charge in [0.25, 0.3) is 0 Å². The Balaban J connectivity index is 1.30. The fourth-order valence-corrected chi connectivity index (χ4v) is 5.18. The van der Waals surface area contributed by atoms with E-state index in [0.717, 1.165) is 34.4 Å².